The number of aromatic nitrogens is 5. The van der Waals surface area contributed by atoms with Crippen LogP contribution in [-0.2, 0) is 6.54 Å². The second-order valence-corrected chi connectivity index (χ2v) is 9.73. The lowest BCUT2D eigenvalue weighted by Crippen LogP contribution is -2.41. The third-order valence-electron chi connectivity index (χ3n) is 7.17. The van der Waals surface area contributed by atoms with Crippen molar-refractivity contribution in [1.29, 1.82) is 0 Å². The molecule has 0 unspecified atom stereocenters. The maximum atomic E-state index is 4.81. The van der Waals surface area contributed by atoms with Crippen molar-refractivity contribution in [2.75, 3.05) is 6.54 Å². The molecule has 35 heavy (non-hydrogen) atoms. The Hall–Kier alpha value is -3.26. The van der Waals surface area contributed by atoms with Gasteiger partial charge in [-0.1, -0.05) is 75.8 Å². The van der Waals surface area contributed by atoms with Gasteiger partial charge in [-0.3, -0.25) is 15.0 Å². The third-order valence-corrected chi connectivity index (χ3v) is 7.17. The molecular formula is C27H36N8. The Labute approximate surface area is 207 Å². The molecular weight excluding hydrogens is 436 g/mol. The molecule has 0 radical (unpaired) electrons. The van der Waals surface area contributed by atoms with E-state index in [2.05, 4.69) is 67.5 Å². The first-order valence-electron chi connectivity index (χ1n) is 13.1. The summed E-state index contributed by atoms with van der Waals surface area (Å²) in [6.07, 6.45) is 16.0. The number of hydrogen-bond acceptors (Lipinski definition) is 7. The van der Waals surface area contributed by atoms with Crippen LogP contribution in [0.1, 0.15) is 70.4 Å². The highest BCUT2D eigenvalue weighted by molar-refractivity contribution is 5.79. The summed E-state index contributed by atoms with van der Waals surface area (Å²) in [6, 6.07) is 12.4. The quantitative estimate of drug-likeness (QED) is 0.405. The lowest BCUT2D eigenvalue weighted by molar-refractivity contribution is 0.110. The fraction of sp³-hybridized carbons (Fsp3) is 0.481. The molecule has 2 aromatic heterocycles. The van der Waals surface area contributed by atoms with E-state index in [9.17, 15) is 0 Å². The number of unbranched alkanes of at least 4 members (excludes halogenated alkanes) is 1. The van der Waals surface area contributed by atoms with Gasteiger partial charge in [-0.15, -0.1) is 10.6 Å². The van der Waals surface area contributed by atoms with Crippen molar-refractivity contribution in [3.63, 3.8) is 0 Å². The van der Waals surface area contributed by atoms with Crippen LogP contribution in [0.5, 0.6) is 0 Å². The molecule has 2 N–H and O–H groups in total. The van der Waals surface area contributed by atoms with E-state index in [1.54, 1.807) is 0 Å². The van der Waals surface area contributed by atoms with Gasteiger partial charge in [0, 0.05) is 35.8 Å². The number of H-pyrrole nitrogens is 1. The molecule has 1 fully saturated rings. The van der Waals surface area contributed by atoms with E-state index in [0.29, 0.717) is 5.82 Å². The fourth-order valence-electron chi connectivity index (χ4n) is 5.16. The van der Waals surface area contributed by atoms with E-state index in [0.717, 1.165) is 47.8 Å². The molecule has 0 spiro atoms. The topological polar surface area (TPSA) is 85.9 Å². The van der Waals surface area contributed by atoms with Gasteiger partial charge in [0.25, 0.3) is 0 Å². The van der Waals surface area contributed by atoms with Gasteiger partial charge in [0.1, 0.15) is 0 Å². The standard InChI is InChI=1S/C27H36N8/c1-2-3-11-24-20-34(17-16-21-9-5-4-6-10-21)33-35(24)19-23-15-14-22(18-28-23)25-12-7-8-13-26(25)27-29-31-32-30-27/h7-8,12-15,18,20-21,33H,2-6,9-11,16-17,19H2,1H3,(H,29,30,31,32). The number of nitrogens with one attached hydrogen (secondary N) is 2. The highest BCUT2D eigenvalue weighted by atomic mass is 15.8. The van der Waals surface area contributed by atoms with E-state index in [1.165, 1.54) is 57.1 Å². The van der Waals surface area contributed by atoms with E-state index in [-0.39, 0.29) is 0 Å². The van der Waals surface area contributed by atoms with Crippen molar-refractivity contribution in [2.24, 2.45) is 5.92 Å². The van der Waals surface area contributed by atoms with Gasteiger partial charge in [0.05, 0.1) is 12.2 Å². The molecule has 184 valence electrons. The normalized spacial score (nSPS) is 16.7. The first kappa shape index (κ1) is 23.5. The molecule has 1 aliphatic heterocycles. The Kier molecular flexibility index (Phi) is 7.68. The summed E-state index contributed by atoms with van der Waals surface area (Å²) in [5.41, 5.74) is 9.08. The van der Waals surface area contributed by atoms with Crippen molar-refractivity contribution in [2.45, 2.75) is 71.3 Å². The fourth-order valence-corrected chi connectivity index (χ4v) is 5.16. The molecule has 2 aliphatic rings. The van der Waals surface area contributed by atoms with E-state index < -0.39 is 0 Å². The van der Waals surface area contributed by atoms with Crippen LogP contribution in [0.2, 0.25) is 0 Å². The molecule has 3 heterocycles. The molecule has 1 aromatic carbocycles. The van der Waals surface area contributed by atoms with Gasteiger partial charge in [-0.25, -0.2) is 5.10 Å². The monoisotopic (exact) mass is 472 g/mol. The van der Waals surface area contributed by atoms with Gasteiger partial charge < -0.3 is 0 Å². The summed E-state index contributed by atoms with van der Waals surface area (Å²) in [4.78, 5) is 4.81. The molecule has 1 saturated carbocycles. The minimum atomic E-state index is 0.657. The summed E-state index contributed by atoms with van der Waals surface area (Å²) in [5.74, 6) is 1.54. The molecule has 0 bridgehead atoms. The number of rotatable bonds is 10. The number of pyridine rings is 1. The second-order valence-electron chi connectivity index (χ2n) is 9.73. The van der Waals surface area contributed by atoms with Gasteiger partial charge in [0.2, 0.25) is 0 Å². The van der Waals surface area contributed by atoms with Crippen molar-refractivity contribution < 1.29 is 0 Å². The molecule has 8 nitrogen and oxygen atoms in total. The number of nitrogens with zero attached hydrogens (tertiary/aromatic N) is 6. The van der Waals surface area contributed by atoms with Crippen LogP contribution < -0.4 is 5.53 Å². The van der Waals surface area contributed by atoms with E-state index in [4.69, 9.17) is 4.98 Å². The number of tetrazole rings is 1. The van der Waals surface area contributed by atoms with Crippen LogP contribution in [0.25, 0.3) is 22.5 Å². The van der Waals surface area contributed by atoms with Gasteiger partial charge in [0.15, 0.2) is 5.82 Å². The van der Waals surface area contributed by atoms with Crippen LogP contribution in [-0.4, -0.2) is 42.2 Å². The summed E-state index contributed by atoms with van der Waals surface area (Å²) in [5, 5.41) is 18.9. The predicted molar refractivity (Wildman–Crippen MR) is 137 cm³/mol. The van der Waals surface area contributed by atoms with E-state index in [1.807, 2.05) is 24.4 Å². The highest BCUT2D eigenvalue weighted by Crippen LogP contribution is 2.30. The lowest BCUT2D eigenvalue weighted by atomic mass is 9.87. The maximum Gasteiger partial charge on any atom is 0.180 e. The zero-order valence-corrected chi connectivity index (χ0v) is 20.7. The number of allylic oxidation sites excluding steroid dienone is 1. The molecule has 5 rings (SSSR count). The molecule has 3 aromatic rings. The second kappa shape index (κ2) is 11.4. The minimum Gasteiger partial charge on any atom is -0.296 e. The Morgan fingerprint density at radius 3 is 2.63 bits per heavy atom. The molecule has 0 saturated heterocycles. The van der Waals surface area contributed by atoms with Crippen molar-refractivity contribution in [3.8, 4) is 22.5 Å². The number of benzene rings is 1. The summed E-state index contributed by atoms with van der Waals surface area (Å²) in [6.45, 7) is 4.06. The summed E-state index contributed by atoms with van der Waals surface area (Å²) < 4.78 is 0. The van der Waals surface area contributed by atoms with Crippen LogP contribution in [0.15, 0.2) is 54.5 Å². The Morgan fingerprint density at radius 1 is 1.03 bits per heavy atom. The van der Waals surface area contributed by atoms with Gasteiger partial charge >= 0.3 is 0 Å². The lowest BCUT2D eigenvalue weighted by Gasteiger charge is -2.27. The first-order valence-corrected chi connectivity index (χ1v) is 13.1. The van der Waals surface area contributed by atoms with Crippen LogP contribution >= 0.6 is 0 Å². The highest BCUT2D eigenvalue weighted by Gasteiger charge is 2.22. The van der Waals surface area contributed by atoms with Crippen LogP contribution in [0.3, 0.4) is 0 Å². The zero-order valence-electron chi connectivity index (χ0n) is 20.7. The summed E-state index contributed by atoms with van der Waals surface area (Å²) >= 11 is 0. The predicted octanol–water partition coefficient (Wildman–Crippen LogP) is 5.47. The minimum absolute atomic E-state index is 0.657. The van der Waals surface area contributed by atoms with Gasteiger partial charge in [-0.2, -0.15) is 0 Å². The van der Waals surface area contributed by atoms with E-state index >= 15 is 0 Å². The average molecular weight is 473 g/mol. The third kappa shape index (κ3) is 5.88. The largest absolute Gasteiger partial charge is 0.296 e. The zero-order chi connectivity index (χ0) is 23.9. The van der Waals surface area contributed by atoms with Crippen molar-refractivity contribution in [1.82, 2.24) is 41.2 Å². The molecule has 8 heteroatoms. The molecule has 1 aliphatic carbocycles. The number of hydrazine groups is 2. The maximum absolute atomic E-state index is 4.81. The Balaban J connectivity index is 1.25. The van der Waals surface area contributed by atoms with Crippen LogP contribution in [0, 0.1) is 5.92 Å². The number of hydrogen-bond donors (Lipinski definition) is 2. The SMILES string of the molecule is CCCCC1=CN(CCC2CCCCC2)NN1Cc1ccc(-c2ccccc2-c2nnn[nH]2)cn1. The smallest absolute Gasteiger partial charge is 0.180 e. The first-order chi connectivity index (χ1) is 17.3. The Bertz CT molecular complexity index is 1090. The molecule has 0 amide bonds. The van der Waals surface area contributed by atoms with Crippen LogP contribution in [0.4, 0.5) is 0 Å². The van der Waals surface area contributed by atoms with Crippen molar-refractivity contribution in [3.05, 3.63) is 60.2 Å². The average Bonchev–Trinajstić information content (AvgIpc) is 3.58. The Morgan fingerprint density at radius 2 is 1.89 bits per heavy atom. The van der Waals surface area contributed by atoms with Gasteiger partial charge in [-0.05, 0) is 47.2 Å². The number of aromatic amines is 1. The molecule has 0 atom stereocenters. The van der Waals surface area contributed by atoms with Crippen molar-refractivity contribution >= 4 is 0 Å². The summed E-state index contributed by atoms with van der Waals surface area (Å²) in [7, 11) is 0.